The molecule has 0 saturated carbocycles. The first-order valence-electron chi connectivity index (χ1n) is 3.88. The van der Waals surface area contributed by atoms with E-state index in [0.717, 1.165) is 0 Å². The Hall–Kier alpha value is -0.740. The van der Waals surface area contributed by atoms with Gasteiger partial charge in [-0.05, 0) is 0 Å². The van der Waals surface area contributed by atoms with Gasteiger partial charge in [-0.2, -0.15) is 0 Å². The quantitative estimate of drug-likeness (QED) is 0.552. The molecule has 0 saturated heterocycles. The van der Waals surface area contributed by atoms with Crippen LogP contribution in [0.1, 0.15) is 20.3 Å². The van der Waals surface area contributed by atoms with Gasteiger partial charge in [0.25, 0.3) is 0 Å². The van der Waals surface area contributed by atoms with Crippen LogP contribution in [0, 0.1) is 5.92 Å². The number of Topliss-reactive ketones (excluding diaryl/α,β-unsaturated/α-hetero) is 1. The highest BCUT2D eigenvalue weighted by Crippen LogP contribution is 2.06. The molecule has 0 radical (unpaired) electrons. The lowest BCUT2D eigenvalue weighted by molar-refractivity contribution is -0.136. The first kappa shape index (κ1) is 11.3. The molecule has 3 unspecified atom stereocenters. The van der Waals surface area contributed by atoms with E-state index in [1.165, 1.54) is 6.92 Å². The summed E-state index contributed by atoms with van der Waals surface area (Å²) in [5.74, 6) is -1.16. The number of aliphatic hydroxyl groups excluding tert-OH is 2. The van der Waals surface area contributed by atoms with Crippen LogP contribution < -0.4 is 0 Å². The van der Waals surface area contributed by atoms with E-state index in [-0.39, 0.29) is 6.42 Å². The lowest BCUT2D eigenvalue weighted by Gasteiger charge is -2.18. The number of ketones is 1. The van der Waals surface area contributed by atoms with Crippen molar-refractivity contribution < 1.29 is 19.8 Å². The lowest BCUT2D eigenvalue weighted by Crippen LogP contribution is -2.38. The predicted octanol–water partition coefficient (Wildman–Crippen LogP) is -0.478. The number of hydrogen-bond donors (Lipinski definition) is 2. The Kier molecular flexibility index (Phi) is 4.70. The largest absolute Gasteiger partial charge is 0.389 e. The smallest absolute Gasteiger partial charge is 0.163 e. The van der Waals surface area contributed by atoms with Crippen molar-refractivity contribution in [3.8, 4) is 0 Å². The second kappa shape index (κ2) is 5.00. The van der Waals surface area contributed by atoms with Gasteiger partial charge in [-0.25, -0.2) is 0 Å². The Morgan fingerprint density at radius 2 is 2.00 bits per heavy atom. The molecule has 0 aliphatic carbocycles. The van der Waals surface area contributed by atoms with Gasteiger partial charge in [-0.3, -0.25) is 4.79 Å². The molecule has 0 rings (SSSR count). The van der Waals surface area contributed by atoms with Crippen molar-refractivity contribution in [1.29, 1.82) is 0 Å². The summed E-state index contributed by atoms with van der Waals surface area (Å²) in [5, 5.41) is 18.3. The summed E-state index contributed by atoms with van der Waals surface area (Å²) in [4.78, 5) is 21.0. The van der Waals surface area contributed by atoms with E-state index in [2.05, 4.69) is 0 Å². The molecule has 0 aliphatic heterocycles. The molecule has 0 aromatic rings. The zero-order valence-corrected chi connectivity index (χ0v) is 7.23. The molecule has 0 amide bonds. The number of rotatable bonds is 5. The summed E-state index contributed by atoms with van der Waals surface area (Å²) in [6.45, 7) is 3.04. The Bertz CT molecular complexity index is 166. The van der Waals surface area contributed by atoms with Crippen LogP contribution in [0.2, 0.25) is 0 Å². The SMILES string of the molecule is CCC(=O)C(O)C(O)C(C)C=O. The van der Waals surface area contributed by atoms with Crippen LogP contribution in [0.4, 0.5) is 0 Å². The van der Waals surface area contributed by atoms with Gasteiger partial charge in [0.15, 0.2) is 5.78 Å². The second-order valence-electron chi connectivity index (χ2n) is 2.75. The fourth-order valence-electron chi connectivity index (χ4n) is 0.768. The highest BCUT2D eigenvalue weighted by molar-refractivity contribution is 5.83. The maximum absolute atomic E-state index is 10.8. The van der Waals surface area contributed by atoms with Crippen LogP contribution in [-0.2, 0) is 9.59 Å². The number of carbonyl (C=O) groups is 2. The molecule has 0 bridgehead atoms. The van der Waals surface area contributed by atoms with Gasteiger partial charge in [0.2, 0.25) is 0 Å². The molecule has 0 aliphatic rings. The number of hydrogen-bond acceptors (Lipinski definition) is 4. The molecule has 70 valence electrons. The summed E-state index contributed by atoms with van der Waals surface area (Å²) < 4.78 is 0. The highest BCUT2D eigenvalue weighted by atomic mass is 16.3. The summed E-state index contributed by atoms with van der Waals surface area (Å²) in [7, 11) is 0. The first-order chi connectivity index (χ1) is 5.54. The van der Waals surface area contributed by atoms with Crippen LogP contribution in [-0.4, -0.2) is 34.5 Å². The van der Waals surface area contributed by atoms with E-state index in [1.807, 2.05) is 0 Å². The molecule has 4 heteroatoms. The minimum atomic E-state index is -1.43. The minimum absolute atomic E-state index is 0.157. The van der Waals surface area contributed by atoms with E-state index in [9.17, 15) is 14.7 Å². The molecule has 0 aromatic carbocycles. The molecule has 4 nitrogen and oxygen atoms in total. The van der Waals surface area contributed by atoms with E-state index in [4.69, 9.17) is 5.11 Å². The molecule has 0 spiro atoms. The van der Waals surface area contributed by atoms with Crippen molar-refractivity contribution in [2.45, 2.75) is 32.5 Å². The second-order valence-corrected chi connectivity index (χ2v) is 2.75. The van der Waals surface area contributed by atoms with Crippen molar-refractivity contribution in [2.24, 2.45) is 5.92 Å². The molecule has 2 N–H and O–H groups in total. The van der Waals surface area contributed by atoms with Gasteiger partial charge in [-0.15, -0.1) is 0 Å². The first-order valence-corrected chi connectivity index (χ1v) is 3.88. The molecule has 0 aromatic heterocycles. The zero-order chi connectivity index (χ0) is 9.72. The standard InChI is InChI=1S/C8H14O4/c1-3-6(10)8(12)7(11)5(2)4-9/h4-5,7-8,11-12H,3H2,1-2H3. The van der Waals surface area contributed by atoms with E-state index >= 15 is 0 Å². The third kappa shape index (κ3) is 2.71. The molecule has 3 atom stereocenters. The lowest BCUT2D eigenvalue weighted by atomic mass is 9.98. The fraction of sp³-hybridized carbons (Fsp3) is 0.750. The normalized spacial score (nSPS) is 18.0. The Labute approximate surface area is 71.2 Å². The topological polar surface area (TPSA) is 74.6 Å². The van der Waals surface area contributed by atoms with Crippen LogP contribution in [0.25, 0.3) is 0 Å². The predicted molar refractivity (Wildman–Crippen MR) is 42.5 cm³/mol. The fourth-order valence-corrected chi connectivity index (χ4v) is 0.768. The summed E-state index contributed by atoms with van der Waals surface area (Å²) in [6, 6.07) is 0. The summed E-state index contributed by atoms with van der Waals surface area (Å²) in [6.07, 6.45) is -2.05. The van der Waals surface area contributed by atoms with E-state index in [0.29, 0.717) is 6.29 Å². The van der Waals surface area contributed by atoms with Crippen LogP contribution in [0.3, 0.4) is 0 Å². The molecule has 0 heterocycles. The number of carbonyl (C=O) groups excluding carboxylic acids is 2. The van der Waals surface area contributed by atoms with Crippen molar-refractivity contribution in [1.82, 2.24) is 0 Å². The Balaban J connectivity index is 4.17. The Morgan fingerprint density at radius 1 is 1.50 bits per heavy atom. The maximum atomic E-state index is 10.8. The van der Waals surface area contributed by atoms with Crippen LogP contribution >= 0.6 is 0 Å². The summed E-state index contributed by atoms with van der Waals surface area (Å²) >= 11 is 0. The number of aliphatic hydroxyl groups is 2. The molecule has 12 heavy (non-hydrogen) atoms. The van der Waals surface area contributed by atoms with Gasteiger partial charge in [-0.1, -0.05) is 13.8 Å². The van der Waals surface area contributed by atoms with Gasteiger partial charge >= 0.3 is 0 Å². The average Bonchev–Trinajstić information content (AvgIpc) is 2.12. The monoisotopic (exact) mass is 174 g/mol. The third-order valence-corrected chi connectivity index (χ3v) is 1.76. The van der Waals surface area contributed by atoms with Gasteiger partial charge < -0.3 is 15.0 Å². The maximum Gasteiger partial charge on any atom is 0.163 e. The van der Waals surface area contributed by atoms with Crippen LogP contribution in [0.5, 0.6) is 0 Å². The van der Waals surface area contributed by atoms with Crippen molar-refractivity contribution in [2.75, 3.05) is 0 Å². The minimum Gasteiger partial charge on any atom is -0.389 e. The van der Waals surface area contributed by atoms with Gasteiger partial charge in [0, 0.05) is 12.3 Å². The van der Waals surface area contributed by atoms with Gasteiger partial charge in [0.05, 0.1) is 6.10 Å². The van der Waals surface area contributed by atoms with E-state index in [1.54, 1.807) is 6.92 Å². The van der Waals surface area contributed by atoms with Crippen LogP contribution in [0.15, 0.2) is 0 Å². The molecular weight excluding hydrogens is 160 g/mol. The van der Waals surface area contributed by atoms with Gasteiger partial charge in [0.1, 0.15) is 12.4 Å². The Morgan fingerprint density at radius 3 is 2.33 bits per heavy atom. The number of aldehydes is 1. The van der Waals surface area contributed by atoms with Crippen molar-refractivity contribution in [3.05, 3.63) is 0 Å². The van der Waals surface area contributed by atoms with Crippen molar-refractivity contribution >= 4 is 12.1 Å². The highest BCUT2D eigenvalue weighted by Gasteiger charge is 2.26. The van der Waals surface area contributed by atoms with Crippen molar-refractivity contribution in [3.63, 3.8) is 0 Å². The average molecular weight is 174 g/mol. The van der Waals surface area contributed by atoms with E-state index < -0.39 is 23.9 Å². The zero-order valence-electron chi connectivity index (χ0n) is 7.23. The molecule has 0 fully saturated rings. The molecular formula is C8H14O4. The third-order valence-electron chi connectivity index (χ3n) is 1.76. The summed E-state index contributed by atoms with van der Waals surface area (Å²) in [5.41, 5.74) is 0.